The Morgan fingerprint density at radius 1 is 0.344 bits per heavy atom. The summed E-state index contributed by atoms with van der Waals surface area (Å²) in [5, 5.41) is 55.8. The summed E-state index contributed by atoms with van der Waals surface area (Å²) in [6.07, 6.45) is 18.0. The zero-order valence-corrected chi connectivity index (χ0v) is 36.2. The molecule has 61 heavy (non-hydrogen) atoms. The second-order valence-electron chi connectivity index (χ2n) is 16.0. The molecule has 0 saturated carbocycles. The van der Waals surface area contributed by atoms with E-state index < -0.39 is 96.8 Å². The fourth-order valence-corrected chi connectivity index (χ4v) is 6.63. The predicted octanol–water partition coefficient (Wildman–Crippen LogP) is 5.54. The minimum Gasteiger partial charge on any atom is -0.481 e. The second-order valence-corrected chi connectivity index (χ2v) is 16.0. The van der Waals surface area contributed by atoms with Crippen molar-refractivity contribution in [3.8, 4) is 0 Å². The molecule has 0 aliphatic rings. The highest BCUT2D eigenvalue weighted by molar-refractivity contribution is 5.87. The van der Waals surface area contributed by atoms with Crippen LogP contribution in [0.4, 0.5) is 0 Å². The zero-order chi connectivity index (χ0) is 45.8. The van der Waals surface area contributed by atoms with Gasteiger partial charge in [-0.1, -0.05) is 110 Å². The number of hydrogen-bond acceptors (Lipinski definition) is 9. The van der Waals surface area contributed by atoms with Crippen molar-refractivity contribution in [2.24, 2.45) is 5.92 Å². The van der Waals surface area contributed by atoms with Crippen molar-refractivity contribution in [2.75, 3.05) is 6.54 Å². The van der Waals surface area contributed by atoms with Gasteiger partial charge in [-0.05, 0) is 44.9 Å². The zero-order valence-electron chi connectivity index (χ0n) is 36.2. The van der Waals surface area contributed by atoms with Gasteiger partial charge < -0.3 is 46.8 Å². The standard InChI is InChI=1S/C43H74N4O14/c1-31(40(54)55)21-17-16-20-30-44-35(48)27-24-32(41(56)57)46-37(50)29-26-34(43(60)61)47-38(51)28-25-33(42(58)59)45-36(49)22-18-14-12-10-8-6-4-2-3-5-7-9-11-13-15-19-23-39(52)53/h31-34H,2-30H2,1H3,(H,44,48)(H,45,49)(H,46,50)(H,47,51)(H,52,53)(H,54,55)(H,56,57)(H,58,59)(H,60,61)/t31-,32-,33-,34-/m0/s1. The lowest BCUT2D eigenvalue weighted by Crippen LogP contribution is -2.45. The normalized spacial score (nSPS) is 12.9. The third-order valence-electron chi connectivity index (χ3n) is 10.5. The minimum absolute atomic E-state index is 0.135. The summed E-state index contributed by atoms with van der Waals surface area (Å²) in [7, 11) is 0. The molecule has 18 nitrogen and oxygen atoms in total. The molecule has 0 aromatic heterocycles. The first kappa shape index (κ1) is 56.2. The average molecular weight is 871 g/mol. The van der Waals surface area contributed by atoms with Gasteiger partial charge in [0.15, 0.2) is 0 Å². The number of carboxylic acids is 5. The maximum atomic E-state index is 12.5. The maximum Gasteiger partial charge on any atom is 0.326 e. The summed E-state index contributed by atoms with van der Waals surface area (Å²) in [6, 6.07) is -4.32. The Labute approximate surface area is 360 Å². The topological polar surface area (TPSA) is 303 Å². The lowest BCUT2D eigenvalue weighted by atomic mass is 10.0. The highest BCUT2D eigenvalue weighted by Crippen LogP contribution is 2.15. The number of aliphatic carboxylic acids is 5. The molecule has 4 amide bonds. The summed E-state index contributed by atoms with van der Waals surface area (Å²) in [5.41, 5.74) is 0. The van der Waals surface area contributed by atoms with Crippen molar-refractivity contribution in [2.45, 2.75) is 205 Å². The highest BCUT2D eigenvalue weighted by atomic mass is 16.4. The van der Waals surface area contributed by atoms with Gasteiger partial charge in [-0.2, -0.15) is 0 Å². The Bertz CT molecular complexity index is 1340. The number of carboxylic acid groups (broad SMARTS) is 5. The lowest BCUT2D eigenvalue weighted by Gasteiger charge is -2.18. The third kappa shape index (κ3) is 33.6. The highest BCUT2D eigenvalue weighted by Gasteiger charge is 2.26. The van der Waals surface area contributed by atoms with Crippen molar-refractivity contribution in [1.29, 1.82) is 0 Å². The Morgan fingerprint density at radius 2 is 0.656 bits per heavy atom. The first-order valence-electron chi connectivity index (χ1n) is 22.3. The number of nitrogens with one attached hydrogen (secondary N) is 4. The van der Waals surface area contributed by atoms with Gasteiger partial charge in [-0.25, -0.2) is 14.4 Å². The van der Waals surface area contributed by atoms with E-state index in [-0.39, 0.29) is 32.1 Å². The summed E-state index contributed by atoms with van der Waals surface area (Å²) in [5.74, 6) is -8.76. The second kappa shape index (κ2) is 35.9. The van der Waals surface area contributed by atoms with E-state index in [1.807, 2.05) is 0 Å². The van der Waals surface area contributed by atoms with Gasteiger partial charge in [-0.15, -0.1) is 0 Å². The molecule has 0 spiro atoms. The quantitative estimate of drug-likeness (QED) is 0.0341. The Morgan fingerprint density at radius 3 is 1.00 bits per heavy atom. The van der Waals surface area contributed by atoms with Crippen LogP contribution in [0.5, 0.6) is 0 Å². The molecule has 0 fully saturated rings. The van der Waals surface area contributed by atoms with Gasteiger partial charge in [0.25, 0.3) is 0 Å². The van der Waals surface area contributed by atoms with E-state index in [0.717, 1.165) is 44.9 Å². The summed E-state index contributed by atoms with van der Waals surface area (Å²) >= 11 is 0. The molecule has 0 radical (unpaired) electrons. The molecule has 0 unspecified atom stereocenters. The number of carbonyl (C=O) groups is 9. The molecule has 9 N–H and O–H groups in total. The number of unbranched alkanes of at least 4 members (excludes halogenated alkanes) is 17. The van der Waals surface area contributed by atoms with Gasteiger partial charge in [0.2, 0.25) is 23.6 Å². The van der Waals surface area contributed by atoms with Crippen LogP contribution in [-0.4, -0.2) is 104 Å². The lowest BCUT2D eigenvalue weighted by molar-refractivity contribution is -0.144. The smallest absolute Gasteiger partial charge is 0.326 e. The van der Waals surface area contributed by atoms with Gasteiger partial charge in [0.1, 0.15) is 18.1 Å². The van der Waals surface area contributed by atoms with Gasteiger partial charge in [-0.3, -0.25) is 28.8 Å². The van der Waals surface area contributed by atoms with E-state index in [9.17, 15) is 58.5 Å². The molecule has 0 saturated heterocycles. The maximum absolute atomic E-state index is 12.5. The van der Waals surface area contributed by atoms with Crippen LogP contribution in [0.2, 0.25) is 0 Å². The van der Waals surface area contributed by atoms with E-state index in [1.54, 1.807) is 6.92 Å². The number of hydrogen-bond donors (Lipinski definition) is 9. The molecular weight excluding hydrogens is 796 g/mol. The fraction of sp³-hybridized carbons (Fsp3) is 0.791. The van der Waals surface area contributed by atoms with Gasteiger partial charge >= 0.3 is 29.8 Å². The van der Waals surface area contributed by atoms with Crippen LogP contribution in [-0.2, 0) is 43.2 Å². The molecule has 0 bridgehead atoms. The largest absolute Gasteiger partial charge is 0.481 e. The van der Waals surface area contributed by atoms with Crippen LogP contribution in [0, 0.1) is 5.92 Å². The fourth-order valence-electron chi connectivity index (χ4n) is 6.63. The third-order valence-corrected chi connectivity index (χ3v) is 10.5. The summed E-state index contributed by atoms with van der Waals surface area (Å²) in [4.78, 5) is 106. The number of amides is 4. The molecule has 0 aliphatic heterocycles. The molecule has 0 heterocycles. The number of carbonyl (C=O) groups excluding carboxylic acids is 4. The van der Waals surface area contributed by atoms with Crippen LogP contribution in [0.1, 0.15) is 187 Å². The van der Waals surface area contributed by atoms with E-state index in [0.29, 0.717) is 38.6 Å². The van der Waals surface area contributed by atoms with Crippen molar-refractivity contribution in [3.05, 3.63) is 0 Å². The first-order chi connectivity index (χ1) is 29.0. The Balaban J connectivity index is 4.29. The first-order valence-corrected chi connectivity index (χ1v) is 22.3. The van der Waals surface area contributed by atoms with Crippen LogP contribution in [0.3, 0.4) is 0 Å². The molecule has 4 atom stereocenters. The summed E-state index contributed by atoms with van der Waals surface area (Å²) in [6.45, 7) is 1.94. The van der Waals surface area contributed by atoms with Crippen molar-refractivity contribution in [1.82, 2.24) is 21.3 Å². The summed E-state index contributed by atoms with van der Waals surface area (Å²) < 4.78 is 0. The average Bonchev–Trinajstić information content (AvgIpc) is 3.19. The number of rotatable bonds is 41. The van der Waals surface area contributed by atoms with Crippen LogP contribution < -0.4 is 21.3 Å². The predicted molar refractivity (Wildman–Crippen MR) is 225 cm³/mol. The molecule has 0 aromatic carbocycles. The van der Waals surface area contributed by atoms with Crippen molar-refractivity contribution < 1.29 is 68.7 Å². The van der Waals surface area contributed by atoms with Gasteiger partial charge in [0.05, 0.1) is 5.92 Å². The SMILES string of the molecule is C[C@@H](CCCCCNC(=O)CC[C@H](NC(=O)CC[C@H](NC(=O)CC[C@H](NC(=O)CCCCCCCCCCCCCCCCCCC(=O)O)C(=O)O)C(=O)O)C(=O)O)C(=O)O. The Kier molecular flexibility index (Phi) is 33.1. The van der Waals surface area contributed by atoms with Crippen molar-refractivity contribution in [3.63, 3.8) is 0 Å². The van der Waals surface area contributed by atoms with Gasteiger partial charge in [0, 0.05) is 38.6 Å². The minimum atomic E-state index is -1.53. The van der Waals surface area contributed by atoms with Crippen molar-refractivity contribution >= 4 is 53.5 Å². The van der Waals surface area contributed by atoms with E-state index in [2.05, 4.69) is 21.3 Å². The molecule has 18 heteroatoms. The molecule has 0 aromatic rings. The molecule has 350 valence electrons. The van der Waals surface area contributed by atoms with Crippen LogP contribution >= 0.6 is 0 Å². The van der Waals surface area contributed by atoms with Crippen LogP contribution in [0.25, 0.3) is 0 Å². The molecular formula is C43H74N4O14. The van der Waals surface area contributed by atoms with E-state index in [1.165, 1.54) is 51.4 Å². The van der Waals surface area contributed by atoms with E-state index in [4.69, 9.17) is 10.2 Å². The van der Waals surface area contributed by atoms with E-state index >= 15 is 0 Å². The molecule has 0 rings (SSSR count). The van der Waals surface area contributed by atoms with Crippen LogP contribution in [0.15, 0.2) is 0 Å². The Hall–Kier alpha value is -4.77. The molecule has 0 aliphatic carbocycles. The monoisotopic (exact) mass is 871 g/mol.